The number of ether oxygens (including phenoxy) is 1. The normalized spacial score (nSPS) is 14.2. The molecular formula is C49H29Cl2F23N4O4. The van der Waals surface area contributed by atoms with Gasteiger partial charge in [-0.25, -0.2) is 18.4 Å². The molecule has 6 rings (SSSR count). The summed E-state index contributed by atoms with van der Waals surface area (Å²) in [6.07, 6.45) is -27.7. The molecule has 0 saturated heterocycles. The fraction of sp³-hybridized carbons (Fsp3) is 0.245. The highest BCUT2D eigenvalue weighted by molar-refractivity contribution is 6.30. The van der Waals surface area contributed by atoms with E-state index in [1.807, 2.05) is 6.07 Å². The fourth-order valence-electron chi connectivity index (χ4n) is 6.80. The van der Waals surface area contributed by atoms with Crippen LogP contribution in [0.15, 0.2) is 134 Å². The van der Waals surface area contributed by atoms with Crippen LogP contribution in [0.4, 0.5) is 101 Å². The fourth-order valence-corrected chi connectivity index (χ4v) is 7.03. The van der Waals surface area contributed by atoms with Crippen LogP contribution < -0.4 is 11.1 Å². The third-order valence-electron chi connectivity index (χ3n) is 10.8. The van der Waals surface area contributed by atoms with Crippen molar-refractivity contribution in [1.29, 1.82) is 0 Å². The zero-order valence-corrected chi connectivity index (χ0v) is 41.2. The highest BCUT2D eigenvalue weighted by Gasteiger charge is 2.70. The Morgan fingerprint density at radius 1 is 0.451 bits per heavy atom. The van der Waals surface area contributed by atoms with Crippen LogP contribution in [0.1, 0.15) is 44.8 Å². The molecule has 33 heteroatoms. The van der Waals surface area contributed by atoms with Gasteiger partial charge >= 0.3 is 66.5 Å². The number of carbonyl (C=O) groups is 3. The van der Waals surface area contributed by atoms with E-state index in [4.69, 9.17) is 28.9 Å². The molecular weight excluding hydrogens is 1220 g/mol. The van der Waals surface area contributed by atoms with E-state index in [0.717, 1.165) is 36.0 Å². The lowest BCUT2D eigenvalue weighted by Gasteiger charge is -2.37. The molecule has 0 aliphatic rings. The number of hydrogen-bond donors (Lipinski definition) is 2. The van der Waals surface area contributed by atoms with E-state index in [1.54, 1.807) is 30.3 Å². The van der Waals surface area contributed by atoms with Gasteiger partial charge in [0.15, 0.2) is 0 Å². The molecule has 0 aliphatic heterocycles. The summed E-state index contributed by atoms with van der Waals surface area (Å²) in [6.45, 7) is 0. The van der Waals surface area contributed by atoms with Gasteiger partial charge in [-0.1, -0.05) is 83.9 Å². The first kappa shape index (κ1) is 67.2. The number of rotatable bonds is 12. The minimum Gasteiger partial charge on any atom is -0.384 e. The van der Waals surface area contributed by atoms with Gasteiger partial charge < -0.3 is 15.8 Å². The molecule has 2 heterocycles. The largest absolute Gasteiger partial charge is 0.465 e. The Balaban J connectivity index is 0.000000279. The van der Waals surface area contributed by atoms with Crippen molar-refractivity contribution in [1.82, 2.24) is 15.3 Å². The maximum atomic E-state index is 14.4. The van der Waals surface area contributed by atoms with E-state index in [1.165, 1.54) is 47.9 Å². The Morgan fingerprint density at radius 2 is 0.805 bits per heavy atom. The van der Waals surface area contributed by atoms with Gasteiger partial charge in [0.2, 0.25) is 0 Å². The third-order valence-corrected chi connectivity index (χ3v) is 11.3. The first-order chi connectivity index (χ1) is 37.3. The first-order valence-electron chi connectivity index (χ1n) is 21.6. The molecule has 0 unspecified atom stereocenters. The molecule has 6 aromatic rings. The first-order valence-corrected chi connectivity index (χ1v) is 22.4. The van der Waals surface area contributed by atoms with Crippen molar-refractivity contribution in [3.05, 3.63) is 200 Å². The highest BCUT2D eigenvalue weighted by Crippen LogP contribution is 2.43. The molecule has 8 nitrogen and oxygen atoms in total. The number of pyridine rings is 2. The SMILES string of the molecule is N[C@](Cc1ccccc1)(c1cc(F)cc(C(F)(F)F)c1)c1ccc(Cl)cn1.O=C(N[C@](Cc1ccccc1)(c1cc(F)cc(C(F)(F)F)c1)c1ccc(Cl)cn1)C(F)(F)C(F)(F)F.O=C(OC(=O)C(F)(F)C(F)(F)F)C(F)(F)C(F)(F)F. The average molecular weight is 1250 g/mol. The molecule has 444 valence electrons. The number of esters is 2. The van der Waals surface area contributed by atoms with Crippen molar-refractivity contribution in [2.75, 3.05) is 0 Å². The van der Waals surface area contributed by atoms with Crippen LogP contribution >= 0.6 is 23.2 Å². The number of aromatic nitrogens is 2. The van der Waals surface area contributed by atoms with Gasteiger partial charge in [-0.15, -0.1) is 0 Å². The maximum Gasteiger partial charge on any atom is 0.465 e. The standard InChI is InChI=1S/C23H14ClF9N2O.C20H15ClF4N2.C6F10O3/c24-16-6-7-18(34-12-16)20(11-13-4-2-1-3-5-13,35-19(36)21(26,27)23(31,32)33)14-8-15(22(28,29)30)10-17(25)9-14;21-16-6-7-18(27-12-16)19(26,11-13-4-2-1-3-5-13)14-8-15(20(23,24)25)10-17(22)9-14;7-3(8,5(11,12)13)1(17)19-2(18)4(9,10)6(14,15)16/h1-10,12H,11H2,(H,35,36);1-10,12H,11,26H2;/t20-;19-;/m11./s1. The zero-order chi connectivity index (χ0) is 62.5. The van der Waals surface area contributed by atoms with E-state index >= 15 is 0 Å². The third kappa shape index (κ3) is 16.0. The van der Waals surface area contributed by atoms with Gasteiger partial charge in [0, 0.05) is 25.2 Å². The van der Waals surface area contributed by atoms with Gasteiger partial charge in [0.25, 0.3) is 0 Å². The molecule has 0 aliphatic carbocycles. The number of alkyl halides is 21. The van der Waals surface area contributed by atoms with E-state index in [9.17, 15) is 115 Å². The van der Waals surface area contributed by atoms with Crippen molar-refractivity contribution in [2.24, 2.45) is 5.73 Å². The van der Waals surface area contributed by atoms with Gasteiger partial charge in [-0.3, -0.25) is 14.8 Å². The number of hydrogen-bond acceptors (Lipinski definition) is 7. The number of nitrogens with one attached hydrogen (secondary N) is 1. The number of carbonyl (C=O) groups excluding carboxylic acids is 3. The monoisotopic (exact) mass is 1240 g/mol. The molecule has 3 N–H and O–H groups in total. The molecule has 0 radical (unpaired) electrons. The Bertz CT molecular complexity index is 3140. The van der Waals surface area contributed by atoms with Crippen LogP contribution in [0.2, 0.25) is 10.0 Å². The Morgan fingerprint density at radius 3 is 1.17 bits per heavy atom. The quantitative estimate of drug-likeness (QED) is 0.0710. The van der Waals surface area contributed by atoms with Crippen molar-refractivity contribution < 1.29 is 120 Å². The summed E-state index contributed by atoms with van der Waals surface area (Å²) in [7, 11) is 0. The number of benzene rings is 4. The van der Waals surface area contributed by atoms with Crippen molar-refractivity contribution in [2.45, 2.75) is 72.6 Å². The van der Waals surface area contributed by atoms with Crippen molar-refractivity contribution in [3.8, 4) is 0 Å². The lowest BCUT2D eigenvalue weighted by atomic mass is 9.79. The van der Waals surface area contributed by atoms with Gasteiger partial charge in [0.05, 0.1) is 38.1 Å². The Kier molecular flexibility index (Phi) is 20.2. The van der Waals surface area contributed by atoms with E-state index in [-0.39, 0.29) is 34.3 Å². The number of nitrogens with zero attached hydrogens (tertiary/aromatic N) is 2. The molecule has 2 atom stereocenters. The lowest BCUT2D eigenvalue weighted by molar-refractivity contribution is -0.292. The number of amides is 1. The molecule has 0 fully saturated rings. The van der Waals surface area contributed by atoms with E-state index in [0.29, 0.717) is 23.2 Å². The molecule has 0 bridgehead atoms. The topological polar surface area (TPSA) is 124 Å². The second-order valence-corrected chi connectivity index (χ2v) is 17.6. The van der Waals surface area contributed by atoms with Crippen LogP contribution in [0.25, 0.3) is 0 Å². The number of halogens is 25. The predicted molar refractivity (Wildman–Crippen MR) is 240 cm³/mol. The molecule has 0 saturated carbocycles. The van der Waals surface area contributed by atoms with E-state index < -0.39 is 118 Å². The molecule has 2 aromatic heterocycles. The second kappa shape index (κ2) is 24.7. The molecule has 82 heavy (non-hydrogen) atoms. The van der Waals surface area contributed by atoms with Crippen LogP contribution in [0.5, 0.6) is 0 Å². The zero-order valence-electron chi connectivity index (χ0n) is 39.7. The maximum absolute atomic E-state index is 14.4. The Labute approximate surface area is 454 Å². The molecule has 1 amide bonds. The minimum absolute atomic E-state index is 0.0190. The summed E-state index contributed by atoms with van der Waals surface area (Å²) in [6, 6.07) is 24.6. The van der Waals surface area contributed by atoms with Crippen LogP contribution in [-0.4, -0.2) is 64.1 Å². The van der Waals surface area contributed by atoms with Crippen LogP contribution in [0, 0.1) is 11.6 Å². The van der Waals surface area contributed by atoms with Crippen molar-refractivity contribution >= 4 is 41.0 Å². The lowest BCUT2D eigenvalue weighted by Crippen LogP contribution is -2.58. The average Bonchev–Trinajstić information content (AvgIpc) is 3.30. The summed E-state index contributed by atoms with van der Waals surface area (Å²) in [5.74, 6) is -31.9. The van der Waals surface area contributed by atoms with Crippen LogP contribution in [-0.2, 0) is 55.4 Å². The molecule has 0 spiro atoms. The summed E-state index contributed by atoms with van der Waals surface area (Å²) < 4.78 is 295. The van der Waals surface area contributed by atoms with Gasteiger partial charge in [0.1, 0.15) is 17.2 Å². The summed E-state index contributed by atoms with van der Waals surface area (Å²) in [5.41, 5.74) is -0.223. The molecule has 4 aromatic carbocycles. The summed E-state index contributed by atoms with van der Waals surface area (Å²) >= 11 is 11.7. The summed E-state index contributed by atoms with van der Waals surface area (Å²) in [5, 5.41) is 1.87. The van der Waals surface area contributed by atoms with Crippen molar-refractivity contribution in [3.63, 3.8) is 0 Å². The smallest absolute Gasteiger partial charge is 0.384 e. The predicted octanol–water partition coefficient (Wildman–Crippen LogP) is 14.5. The van der Waals surface area contributed by atoms with E-state index in [2.05, 4.69) is 14.7 Å². The second-order valence-electron chi connectivity index (χ2n) is 16.7. The summed E-state index contributed by atoms with van der Waals surface area (Å²) in [4.78, 5) is 40.6. The van der Waals surface area contributed by atoms with Crippen LogP contribution in [0.3, 0.4) is 0 Å². The van der Waals surface area contributed by atoms with Gasteiger partial charge in [-0.2, -0.15) is 92.2 Å². The minimum atomic E-state index is -6.63. The van der Waals surface area contributed by atoms with Gasteiger partial charge in [-0.05, 0) is 82.9 Å². The highest BCUT2D eigenvalue weighted by atomic mass is 35.5. The Hall–Kier alpha value is -7.28. The number of nitrogens with two attached hydrogens (primary N) is 1.